The molecule has 1 aromatic carbocycles. The van der Waals surface area contributed by atoms with Gasteiger partial charge in [-0.3, -0.25) is 0 Å². The number of nitrogens with one attached hydrogen (secondary N) is 1. The van der Waals surface area contributed by atoms with Gasteiger partial charge in [0.05, 0.1) is 16.9 Å². The van der Waals surface area contributed by atoms with Crippen LogP contribution in [0.1, 0.15) is 23.2 Å². The highest BCUT2D eigenvalue weighted by Gasteiger charge is 2.50. The molecule has 0 aromatic heterocycles. The second-order valence-corrected chi connectivity index (χ2v) is 4.62. The van der Waals surface area contributed by atoms with E-state index in [4.69, 9.17) is 10.8 Å². The quantitative estimate of drug-likeness (QED) is 0.707. The van der Waals surface area contributed by atoms with Crippen LogP contribution in [-0.2, 0) is 0 Å². The Morgan fingerprint density at radius 1 is 1.50 bits per heavy atom. The van der Waals surface area contributed by atoms with Crippen LogP contribution >= 0.6 is 0 Å². The molecular formula is C12H14F2N2O2. The number of carboxylic acid groups (broad SMARTS) is 1. The van der Waals surface area contributed by atoms with E-state index in [1.54, 1.807) is 0 Å². The van der Waals surface area contributed by atoms with Crippen LogP contribution in [0.15, 0.2) is 18.2 Å². The number of benzene rings is 1. The molecule has 0 heterocycles. The number of nitrogens with two attached hydrogens (primary N) is 1. The Kier molecular flexibility index (Phi) is 3.11. The fourth-order valence-corrected chi connectivity index (χ4v) is 1.75. The third kappa shape index (κ3) is 2.37. The van der Waals surface area contributed by atoms with Crippen molar-refractivity contribution in [2.75, 3.05) is 17.6 Å². The highest BCUT2D eigenvalue weighted by Crippen LogP contribution is 2.50. The molecule has 4 N–H and O–H groups in total. The molecule has 1 aromatic rings. The van der Waals surface area contributed by atoms with Crippen LogP contribution in [0.3, 0.4) is 0 Å². The Morgan fingerprint density at radius 2 is 2.17 bits per heavy atom. The lowest BCUT2D eigenvalue weighted by Crippen LogP contribution is -2.23. The van der Waals surface area contributed by atoms with Gasteiger partial charge in [-0.15, -0.1) is 0 Å². The predicted molar refractivity (Wildman–Crippen MR) is 64.0 cm³/mol. The van der Waals surface area contributed by atoms with E-state index in [-0.39, 0.29) is 12.1 Å². The minimum atomic E-state index is -2.37. The maximum Gasteiger partial charge on any atom is 0.335 e. The number of alkyl halides is 2. The highest BCUT2D eigenvalue weighted by molar-refractivity contribution is 5.90. The van der Waals surface area contributed by atoms with Gasteiger partial charge in [0, 0.05) is 12.0 Å². The molecule has 0 saturated heterocycles. The van der Waals surface area contributed by atoms with Crippen molar-refractivity contribution in [1.82, 2.24) is 0 Å². The zero-order valence-electron chi connectivity index (χ0n) is 9.62. The van der Waals surface area contributed by atoms with Gasteiger partial charge in [0.15, 0.2) is 0 Å². The lowest BCUT2D eigenvalue weighted by Gasteiger charge is -2.17. The molecule has 1 saturated carbocycles. The number of anilines is 2. The van der Waals surface area contributed by atoms with E-state index in [2.05, 4.69) is 5.32 Å². The molecule has 0 atom stereocenters. The number of hydrogen-bond acceptors (Lipinski definition) is 3. The third-order valence-electron chi connectivity index (χ3n) is 3.29. The van der Waals surface area contributed by atoms with E-state index in [1.807, 2.05) is 0 Å². The van der Waals surface area contributed by atoms with Gasteiger partial charge in [-0.05, 0) is 31.0 Å². The van der Waals surface area contributed by atoms with E-state index in [1.165, 1.54) is 18.2 Å². The van der Waals surface area contributed by atoms with Crippen LogP contribution in [0.5, 0.6) is 0 Å². The Labute approximate surface area is 103 Å². The van der Waals surface area contributed by atoms with Crippen molar-refractivity contribution in [1.29, 1.82) is 0 Å². The monoisotopic (exact) mass is 256 g/mol. The average Bonchev–Trinajstić information content (AvgIpc) is 3.08. The Bertz CT molecular complexity index is 473. The molecule has 4 nitrogen and oxygen atoms in total. The summed E-state index contributed by atoms with van der Waals surface area (Å²) in [4.78, 5) is 10.8. The lowest BCUT2D eigenvalue weighted by atomic mass is 10.1. The normalized spacial score (nSPS) is 16.6. The zero-order valence-corrected chi connectivity index (χ0v) is 9.62. The number of carboxylic acids is 1. The molecular weight excluding hydrogens is 242 g/mol. The summed E-state index contributed by atoms with van der Waals surface area (Å²) >= 11 is 0. The van der Waals surface area contributed by atoms with Crippen molar-refractivity contribution >= 4 is 17.3 Å². The highest BCUT2D eigenvalue weighted by atomic mass is 19.3. The van der Waals surface area contributed by atoms with Gasteiger partial charge in [-0.1, -0.05) is 0 Å². The maximum absolute atomic E-state index is 12.7. The molecule has 0 aliphatic heterocycles. The SMILES string of the molecule is Nc1ccc(C(=O)O)cc1NCC1(C(F)F)CC1. The average molecular weight is 256 g/mol. The van der Waals surface area contributed by atoms with Crippen molar-refractivity contribution in [2.24, 2.45) is 5.41 Å². The molecule has 0 amide bonds. The lowest BCUT2D eigenvalue weighted by molar-refractivity contribution is 0.0683. The number of aromatic carboxylic acids is 1. The fourth-order valence-electron chi connectivity index (χ4n) is 1.75. The second kappa shape index (κ2) is 4.44. The number of halogens is 2. The van der Waals surface area contributed by atoms with E-state index in [0.717, 1.165) is 0 Å². The molecule has 18 heavy (non-hydrogen) atoms. The minimum Gasteiger partial charge on any atom is -0.478 e. The van der Waals surface area contributed by atoms with Crippen LogP contribution in [0.4, 0.5) is 20.2 Å². The van der Waals surface area contributed by atoms with Gasteiger partial charge < -0.3 is 16.2 Å². The molecule has 1 aliphatic rings. The Morgan fingerprint density at radius 3 is 2.67 bits per heavy atom. The van der Waals surface area contributed by atoms with Crippen LogP contribution in [-0.4, -0.2) is 24.0 Å². The number of carbonyl (C=O) groups is 1. The first kappa shape index (κ1) is 12.6. The van der Waals surface area contributed by atoms with Gasteiger partial charge in [0.2, 0.25) is 6.43 Å². The smallest absolute Gasteiger partial charge is 0.335 e. The van der Waals surface area contributed by atoms with Gasteiger partial charge in [0.1, 0.15) is 0 Å². The van der Waals surface area contributed by atoms with Gasteiger partial charge in [-0.2, -0.15) is 0 Å². The maximum atomic E-state index is 12.7. The summed E-state index contributed by atoms with van der Waals surface area (Å²) in [5.41, 5.74) is 5.53. The standard InChI is InChI=1S/C12H14F2N2O2/c13-11(14)12(3-4-12)6-16-9-5-7(10(17)18)1-2-8(9)15/h1-2,5,11,16H,3-4,6,15H2,(H,17,18). The first-order chi connectivity index (χ1) is 8.44. The van der Waals surface area contributed by atoms with Crippen LogP contribution < -0.4 is 11.1 Å². The molecule has 0 unspecified atom stereocenters. The second-order valence-electron chi connectivity index (χ2n) is 4.62. The summed E-state index contributed by atoms with van der Waals surface area (Å²) in [6.07, 6.45) is -1.40. The zero-order chi connectivity index (χ0) is 13.3. The van der Waals surface area contributed by atoms with Crippen molar-refractivity contribution in [3.05, 3.63) is 23.8 Å². The molecule has 0 radical (unpaired) electrons. The summed E-state index contributed by atoms with van der Waals surface area (Å²) < 4.78 is 25.4. The number of nitrogen functional groups attached to an aromatic ring is 1. The van der Waals surface area contributed by atoms with Gasteiger partial charge >= 0.3 is 5.97 Å². The molecule has 2 rings (SSSR count). The van der Waals surface area contributed by atoms with Crippen LogP contribution in [0, 0.1) is 5.41 Å². The molecule has 0 bridgehead atoms. The van der Waals surface area contributed by atoms with Crippen molar-refractivity contribution in [2.45, 2.75) is 19.3 Å². The third-order valence-corrected chi connectivity index (χ3v) is 3.29. The van der Waals surface area contributed by atoms with E-state index >= 15 is 0 Å². The molecule has 98 valence electrons. The Balaban J connectivity index is 2.09. The van der Waals surface area contributed by atoms with Crippen molar-refractivity contribution in [3.8, 4) is 0 Å². The summed E-state index contributed by atoms with van der Waals surface area (Å²) in [6, 6.07) is 4.19. The van der Waals surface area contributed by atoms with E-state index in [0.29, 0.717) is 24.2 Å². The summed E-state index contributed by atoms with van der Waals surface area (Å²) in [7, 11) is 0. The van der Waals surface area contributed by atoms with E-state index < -0.39 is 17.8 Å². The largest absolute Gasteiger partial charge is 0.478 e. The molecule has 6 heteroatoms. The van der Waals surface area contributed by atoms with Gasteiger partial charge in [0.25, 0.3) is 0 Å². The van der Waals surface area contributed by atoms with E-state index in [9.17, 15) is 13.6 Å². The van der Waals surface area contributed by atoms with Gasteiger partial charge in [-0.25, -0.2) is 13.6 Å². The van der Waals surface area contributed by atoms with Crippen molar-refractivity contribution in [3.63, 3.8) is 0 Å². The number of rotatable bonds is 5. The predicted octanol–water partition coefficient (Wildman–Crippen LogP) is 2.42. The Hall–Kier alpha value is -1.85. The first-order valence-corrected chi connectivity index (χ1v) is 5.59. The van der Waals surface area contributed by atoms with Crippen molar-refractivity contribution < 1.29 is 18.7 Å². The summed E-state index contributed by atoms with van der Waals surface area (Å²) in [5, 5.41) is 11.7. The minimum absolute atomic E-state index is 0.0774. The van der Waals surface area contributed by atoms with Crippen LogP contribution in [0.2, 0.25) is 0 Å². The first-order valence-electron chi connectivity index (χ1n) is 5.59. The number of hydrogen-bond donors (Lipinski definition) is 3. The summed E-state index contributed by atoms with van der Waals surface area (Å²) in [6.45, 7) is 0.109. The summed E-state index contributed by atoms with van der Waals surface area (Å²) in [5.74, 6) is -1.08. The molecule has 1 fully saturated rings. The van der Waals surface area contributed by atoms with Crippen LogP contribution in [0.25, 0.3) is 0 Å². The molecule has 1 aliphatic carbocycles. The topological polar surface area (TPSA) is 75.4 Å². The molecule has 0 spiro atoms. The fraction of sp³-hybridized carbons (Fsp3) is 0.417.